The van der Waals surface area contributed by atoms with Gasteiger partial charge in [0, 0.05) is 5.69 Å². The van der Waals surface area contributed by atoms with E-state index in [0.29, 0.717) is 12.1 Å². The summed E-state index contributed by atoms with van der Waals surface area (Å²) in [5, 5.41) is 6.38. The van der Waals surface area contributed by atoms with Crippen LogP contribution >= 0.6 is 0 Å². The van der Waals surface area contributed by atoms with Crippen LogP contribution in [0.15, 0.2) is 6.07 Å². The van der Waals surface area contributed by atoms with Crippen molar-refractivity contribution in [2.75, 3.05) is 14.2 Å². The summed E-state index contributed by atoms with van der Waals surface area (Å²) >= 11 is 0. The number of aromatic amines is 1. The minimum absolute atomic E-state index is 0.206. The van der Waals surface area contributed by atoms with Gasteiger partial charge < -0.3 is 9.47 Å². The average molecular weight is 212 g/mol. The lowest BCUT2D eigenvalue weighted by Gasteiger charge is -1.95. The maximum Gasteiger partial charge on any atom is 0.358 e. The fourth-order valence-corrected chi connectivity index (χ4v) is 1.04. The van der Waals surface area contributed by atoms with E-state index in [-0.39, 0.29) is 18.1 Å². The molecule has 1 aromatic rings. The Hall–Kier alpha value is -1.85. The zero-order valence-corrected chi connectivity index (χ0v) is 8.57. The third-order valence-corrected chi connectivity index (χ3v) is 1.85. The molecule has 0 aliphatic heterocycles. The average Bonchev–Trinajstić information content (AvgIpc) is 2.73. The van der Waals surface area contributed by atoms with E-state index in [2.05, 4.69) is 19.7 Å². The van der Waals surface area contributed by atoms with Gasteiger partial charge in [0.05, 0.1) is 20.6 Å². The Kier molecular flexibility index (Phi) is 3.84. The van der Waals surface area contributed by atoms with Crippen molar-refractivity contribution >= 4 is 11.9 Å². The first-order valence-corrected chi connectivity index (χ1v) is 4.36. The fraction of sp³-hybridized carbons (Fsp3) is 0.444. The van der Waals surface area contributed by atoms with Crippen molar-refractivity contribution < 1.29 is 19.1 Å². The van der Waals surface area contributed by atoms with Gasteiger partial charge in [0.15, 0.2) is 5.69 Å². The van der Waals surface area contributed by atoms with Crippen molar-refractivity contribution in [3.63, 3.8) is 0 Å². The van der Waals surface area contributed by atoms with E-state index in [4.69, 9.17) is 0 Å². The molecule has 1 rings (SSSR count). The van der Waals surface area contributed by atoms with E-state index in [1.807, 2.05) is 0 Å². The molecule has 0 atom stereocenters. The van der Waals surface area contributed by atoms with Gasteiger partial charge in [0.1, 0.15) is 0 Å². The second-order valence-corrected chi connectivity index (χ2v) is 2.85. The first-order chi connectivity index (χ1) is 7.17. The SMILES string of the molecule is COC(=O)CCc1cc(C(=O)OC)n[nH]1. The first-order valence-electron chi connectivity index (χ1n) is 4.36. The molecule has 0 saturated carbocycles. The van der Waals surface area contributed by atoms with Crippen molar-refractivity contribution in [3.8, 4) is 0 Å². The van der Waals surface area contributed by atoms with Gasteiger partial charge in [0.2, 0.25) is 0 Å². The highest BCUT2D eigenvalue weighted by molar-refractivity contribution is 5.87. The van der Waals surface area contributed by atoms with Gasteiger partial charge in [-0.15, -0.1) is 0 Å². The van der Waals surface area contributed by atoms with Crippen LogP contribution in [0.3, 0.4) is 0 Å². The second-order valence-electron chi connectivity index (χ2n) is 2.85. The molecule has 15 heavy (non-hydrogen) atoms. The van der Waals surface area contributed by atoms with Gasteiger partial charge in [-0.05, 0) is 12.5 Å². The molecule has 6 nitrogen and oxygen atoms in total. The molecule has 1 aromatic heterocycles. The van der Waals surface area contributed by atoms with Crippen LogP contribution in [0.1, 0.15) is 22.6 Å². The molecular formula is C9H12N2O4. The summed E-state index contributed by atoms with van der Waals surface area (Å²) in [7, 11) is 2.61. The number of carbonyl (C=O) groups is 2. The quantitative estimate of drug-likeness (QED) is 0.726. The summed E-state index contributed by atoms with van der Waals surface area (Å²) in [6.45, 7) is 0. The first kappa shape index (κ1) is 11.2. The molecule has 82 valence electrons. The highest BCUT2D eigenvalue weighted by Crippen LogP contribution is 2.04. The van der Waals surface area contributed by atoms with E-state index in [1.54, 1.807) is 6.07 Å². The number of hydrogen-bond donors (Lipinski definition) is 1. The van der Waals surface area contributed by atoms with Crippen LogP contribution in [-0.4, -0.2) is 36.4 Å². The summed E-state index contributed by atoms with van der Waals surface area (Å²) in [5.41, 5.74) is 0.901. The number of H-pyrrole nitrogens is 1. The monoisotopic (exact) mass is 212 g/mol. The molecule has 0 radical (unpaired) electrons. The van der Waals surface area contributed by atoms with Crippen molar-refractivity contribution in [2.24, 2.45) is 0 Å². The Labute approximate surface area is 86.6 Å². The van der Waals surface area contributed by atoms with Crippen molar-refractivity contribution in [2.45, 2.75) is 12.8 Å². The minimum Gasteiger partial charge on any atom is -0.469 e. The predicted octanol–water partition coefficient (Wildman–Crippen LogP) is 0.302. The molecule has 0 amide bonds. The van der Waals surface area contributed by atoms with Gasteiger partial charge in [-0.2, -0.15) is 5.10 Å². The number of aromatic nitrogens is 2. The molecule has 0 bridgehead atoms. The Morgan fingerprint density at radius 2 is 2.13 bits per heavy atom. The molecule has 0 saturated heterocycles. The standard InChI is InChI=1S/C9H12N2O4/c1-14-8(12)4-3-6-5-7(11-10-6)9(13)15-2/h5H,3-4H2,1-2H3,(H,10,11). The van der Waals surface area contributed by atoms with Crippen LogP contribution in [0.25, 0.3) is 0 Å². The predicted molar refractivity (Wildman–Crippen MR) is 50.3 cm³/mol. The summed E-state index contributed by atoms with van der Waals surface area (Å²) < 4.78 is 8.97. The summed E-state index contributed by atoms with van der Waals surface area (Å²) in [5.74, 6) is -0.806. The van der Waals surface area contributed by atoms with Crippen LogP contribution < -0.4 is 0 Å². The highest BCUT2D eigenvalue weighted by Gasteiger charge is 2.10. The summed E-state index contributed by atoms with van der Waals surface area (Å²) in [6, 6.07) is 1.55. The van der Waals surface area contributed by atoms with Crippen molar-refractivity contribution in [1.29, 1.82) is 0 Å². The van der Waals surface area contributed by atoms with Crippen molar-refractivity contribution in [3.05, 3.63) is 17.5 Å². The van der Waals surface area contributed by atoms with E-state index < -0.39 is 5.97 Å². The number of nitrogens with zero attached hydrogens (tertiary/aromatic N) is 1. The van der Waals surface area contributed by atoms with Gasteiger partial charge in [-0.1, -0.05) is 0 Å². The number of ether oxygens (including phenoxy) is 2. The van der Waals surface area contributed by atoms with Gasteiger partial charge in [-0.25, -0.2) is 4.79 Å². The third-order valence-electron chi connectivity index (χ3n) is 1.85. The van der Waals surface area contributed by atoms with Gasteiger partial charge in [0.25, 0.3) is 0 Å². The smallest absolute Gasteiger partial charge is 0.358 e. The number of carbonyl (C=O) groups excluding carboxylic acids is 2. The maximum absolute atomic E-state index is 11.0. The number of rotatable bonds is 4. The van der Waals surface area contributed by atoms with Crippen LogP contribution in [0.4, 0.5) is 0 Å². The number of esters is 2. The number of methoxy groups -OCH3 is 2. The Morgan fingerprint density at radius 3 is 2.73 bits per heavy atom. The second kappa shape index (κ2) is 5.14. The molecule has 0 aliphatic rings. The third kappa shape index (κ3) is 3.08. The largest absolute Gasteiger partial charge is 0.469 e. The Balaban J connectivity index is 2.53. The zero-order chi connectivity index (χ0) is 11.3. The zero-order valence-electron chi connectivity index (χ0n) is 8.57. The summed E-state index contributed by atoms with van der Waals surface area (Å²) in [4.78, 5) is 21.9. The lowest BCUT2D eigenvalue weighted by atomic mass is 10.2. The highest BCUT2D eigenvalue weighted by atomic mass is 16.5. The number of aryl methyl sites for hydroxylation is 1. The summed E-state index contributed by atoms with van der Waals surface area (Å²) in [6.07, 6.45) is 0.704. The topological polar surface area (TPSA) is 81.3 Å². The number of nitrogens with one attached hydrogen (secondary N) is 1. The lowest BCUT2D eigenvalue weighted by Crippen LogP contribution is -2.02. The van der Waals surface area contributed by atoms with Crippen LogP contribution in [0.2, 0.25) is 0 Å². The fourth-order valence-electron chi connectivity index (χ4n) is 1.04. The van der Waals surface area contributed by atoms with E-state index in [9.17, 15) is 9.59 Å². The van der Waals surface area contributed by atoms with Crippen LogP contribution in [-0.2, 0) is 20.7 Å². The normalized spacial score (nSPS) is 9.73. The lowest BCUT2D eigenvalue weighted by molar-refractivity contribution is -0.140. The van der Waals surface area contributed by atoms with E-state index in [0.717, 1.165) is 0 Å². The van der Waals surface area contributed by atoms with Crippen LogP contribution in [0, 0.1) is 0 Å². The van der Waals surface area contributed by atoms with Gasteiger partial charge >= 0.3 is 11.9 Å². The molecule has 0 unspecified atom stereocenters. The molecule has 0 spiro atoms. The molecular weight excluding hydrogens is 200 g/mol. The Morgan fingerprint density at radius 1 is 1.40 bits per heavy atom. The van der Waals surface area contributed by atoms with Crippen molar-refractivity contribution in [1.82, 2.24) is 10.2 Å². The molecule has 0 aromatic carbocycles. The molecule has 1 N–H and O–H groups in total. The molecule has 0 aliphatic carbocycles. The molecule has 0 fully saturated rings. The van der Waals surface area contributed by atoms with E-state index >= 15 is 0 Å². The minimum atomic E-state index is -0.504. The molecule has 6 heteroatoms. The Bertz CT molecular complexity index is 359. The van der Waals surface area contributed by atoms with Gasteiger partial charge in [-0.3, -0.25) is 9.89 Å². The van der Waals surface area contributed by atoms with Crippen LogP contribution in [0.5, 0.6) is 0 Å². The maximum atomic E-state index is 11.0. The van der Waals surface area contributed by atoms with E-state index in [1.165, 1.54) is 14.2 Å². The number of hydrogen-bond acceptors (Lipinski definition) is 5. The molecule has 1 heterocycles.